The van der Waals surface area contributed by atoms with Crippen molar-refractivity contribution in [3.8, 4) is 0 Å². The molecule has 1 aliphatic heterocycles. The Bertz CT molecular complexity index is 710. The number of anilines is 1. The number of Topliss-reactive ketones (excluding diaryl/α,β-unsaturated/α-hetero) is 1. The highest BCUT2D eigenvalue weighted by molar-refractivity contribution is 5.97. The number of nitrogens with zero attached hydrogens (tertiary/aromatic N) is 1. The molecule has 4 nitrogen and oxygen atoms in total. The molecule has 0 radical (unpaired) electrons. The first kappa shape index (κ1) is 14.5. The van der Waals surface area contributed by atoms with Gasteiger partial charge in [-0.25, -0.2) is 0 Å². The molecule has 22 heavy (non-hydrogen) atoms. The third kappa shape index (κ3) is 3.23. The van der Waals surface area contributed by atoms with Gasteiger partial charge in [0.2, 0.25) is 5.91 Å². The Morgan fingerprint density at radius 3 is 2.64 bits per heavy atom. The molecule has 4 heteroatoms. The zero-order chi connectivity index (χ0) is 15.5. The van der Waals surface area contributed by atoms with Gasteiger partial charge in [0.05, 0.1) is 6.54 Å². The third-order valence-electron chi connectivity index (χ3n) is 3.80. The van der Waals surface area contributed by atoms with E-state index in [0.29, 0.717) is 25.2 Å². The first-order chi connectivity index (χ1) is 10.6. The first-order valence-electron chi connectivity index (χ1n) is 7.32. The number of fused-ring (bicyclic) bond motifs is 1. The first-order valence-corrected chi connectivity index (χ1v) is 7.32. The quantitative estimate of drug-likeness (QED) is 0.886. The molecule has 0 unspecified atom stereocenters. The van der Waals surface area contributed by atoms with Crippen LogP contribution in [0, 0.1) is 0 Å². The van der Waals surface area contributed by atoms with Crippen molar-refractivity contribution in [3.63, 3.8) is 0 Å². The molecule has 0 fully saturated rings. The Labute approximate surface area is 129 Å². The van der Waals surface area contributed by atoms with E-state index in [4.69, 9.17) is 0 Å². The SMILES string of the molecule is CC(=O)c1ccc2c(c1)CN(Cc1ccccc1)CC(=O)N2. The fourth-order valence-electron chi connectivity index (χ4n) is 2.71. The van der Waals surface area contributed by atoms with Crippen LogP contribution in [0.25, 0.3) is 0 Å². The van der Waals surface area contributed by atoms with Gasteiger partial charge < -0.3 is 5.32 Å². The number of amides is 1. The van der Waals surface area contributed by atoms with Gasteiger partial charge in [-0.05, 0) is 36.2 Å². The van der Waals surface area contributed by atoms with E-state index in [1.807, 2.05) is 30.3 Å². The van der Waals surface area contributed by atoms with Crippen LogP contribution in [-0.4, -0.2) is 23.1 Å². The Kier molecular flexibility index (Phi) is 4.02. The second-order valence-electron chi connectivity index (χ2n) is 5.61. The number of hydrogen-bond donors (Lipinski definition) is 1. The normalized spacial score (nSPS) is 14.9. The molecule has 2 aromatic carbocycles. The molecule has 1 N–H and O–H groups in total. The molecule has 0 spiro atoms. The van der Waals surface area contributed by atoms with Crippen LogP contribution in [0.2, 0.25) is 0 Å². The van der Waals surface area contributed by atoms with Crippen molar-refractivity contribution in [2.24, 2.45) is 0 Å². The maximum Gasteiger partial charge on any atom is 0.238 e. The largest absolute Gasteiger partial charge is 0.325 e. The summed E-state index contributed by atoms with van der Waals surface area (Å²) < 4.78 is 0. The van der Waals surface area contributed by atoms with Crippen molar-refractivity contribution in [3.05, 3.63) is 65.2 Å². The minimum Gasteiger partial charge on any atom is -0.325 e. The van der Waals surface area contributed by atoms with E-state index in [2.05, 4.69) is 22.3 Å². The summed E-state index contributed by atoms with van der Waals surface area (Å²) in [6.45, 7) is 3.25. The van der Waals surface area contributed by atoms with E-state index in [9.17, 15) is 9.59 Å². The predicted molar refractivity (Wildman–Crippen MR) is 85.6 cm³/mol. The van der Waals surface area contributed by atoms with Crippen molar-refractivity contribution < 1.29 is 9.59 Å². The minimum atomic E-state index is -0.0229. The van der Waals surface area contributed by atoms with Crippen LogP contribution in [0.3, 0.4) is 0 Å². The average Bonchev–Trinajstić information content (AvgIpc) is 2.64. The van der Waals surface area contributed by atoms with Crippen molar-refractivity contribution in [2.45, 2.75) is 20.0 Å². The number of rotatable bonds is 3. The Morgan fingerprint density at radius 1 is 1.14 bits per heavy atom. The van der Waals surface area contributed by atoms with E-state index in [-0.39, 0.29) is 11.7 Å². The van der Waals surface area contributed by atoms with E-state index in [0.717, 1.165) is 11.3 Å². The summed E-state index contributed by atoms with van der Waals surface area (Å²) in [5, 5.41) is 2.91. The molecule has 0 saturated carbocycles. The van der Waals surface area contributed by atoms with E-state index in [1.54, 1.807) is 13.0 Å². The third-order valence-corrected chi connectivity index (χ3v) is 3.80. The van der Waals surface area contributed by atoms with Crippen molar-refractivity contribution in [1.29, 1.82) is 0 Å². The van der Waals surface area contributed by atoms with Gasteiger partial charge in [-0.1, -0.05) is 30.3 Å². The monoisotopic (exact) mass is 294 g/mol. The Hall–Kier alpha value is -2.46. The fraction of sp³-hybridized carbons (Fsp3) is 0.222. The molecule has 1 aliphatic rings. The zero-order valence-corrected chi connectivity index (χ0v) is 12.5. The molecule has 0 aromatic heterocycles. The van der Waals surface area contributed by atoms with Crippen LogP contribution < -0.4 is 5.32 Å². The minimum absolute atomic E-state index is 0.0229. The Morgan fingerprint density at radius 2 is 1.91 bits per heavy atom. The molecule has 112 valence electrons. The van der Waals surface area contributed by atoms with Gasteiger partial charge in [-0.3, -0.25) is 14.5 Å². The highest BCUT2D eigenvalue weighted by atomic mass is 16.2. The molecule has 1 amide bonds. The molecule has 0 saturated heterocycles. The van der Waals surface area contributed by atoms with E-state index >= 15 is 0 Å². The molecule has 1 heterocycles. The Balaban J connectivity index is 1.87. The zero-order valence-electron chi connectivity index (χ0n) is 12.5. The second-order valence-corrected chi connectivity index (χ2v) is 5.61. The summed E-state index contributed by atoms with van der Waals surface area (Å²) in [4.78, 5) is 25.7. The molecule has 0 aliphatic carbocycles. The summed E-state index contributed by atoms with van der Waals surface area (Å²) in [6.07, 6.45) is 0. The predicted octanol–water partition coefficient (Wildman–Crippen LogP) is 2.84. The number of carbonyl (C=O) groups is 2. The second kappa shape index (κ2) is 6.12. The lowest BCUT2D eigenvalue weighted by atomic mass is 10.1. The van der Waals surface area contributed by atoms with Gasteiger partial charge in [0.25, 0.3) is 0 Å². The number of nitrogens with one attached hydrogen (secondary N) is 1. The van der Waals surface area contributed by atoms with Crippen molar-refractivity contribution >= 4 is 17.4 Å². The van der Waals surface area contributed by atoms with Crippen LogP contribution in [0.4, 0.5) is 5.69 Å². The van der Waals surface area contributed by atoms with Gasteiger partial charge in [0.1, 0.15) is 0 Å². The number of carbonyl (C=O) groups excluding carboxylic acids is 2. The van der Waals surface area contributed by atoms with Gasteiger partial charge in [0, 0.05) is 24.3 Å². The lowest BCUT2D eigenvalue weighted by Gasteiger charge is -2.19. The maximum absolute atomic E-state index is 12.0. The number of ketones is 1. The van der Waals surface area contributed by atoms with Crippen LogP contribution in [0.15, 0.2) is 48.5 Å². The topological polar surface area (TPSA) is 49.4 Å². The molecular formula is C18H18N2O2. The van der Waals surface area contributed by atoms with E-state index in [1.165, 1.54) is 5.56 Å². The van der Waals surface area contributed by atoms with Gasteiger partial charge in [0.15, 0.2) is 5.78 Å². The van der Waals surface area contributed by atoms with Gasteiger partial charge >= 0.3 is 0 Å². The molecule has 0 bridgehead atoms. The fourth-order valence-corrected chi connectivity index (χ4v) is 2.71. The summed E-state index contributed by atoms with van der Waals surface area (Å²) in [6, 6.07) is 15.5. The van der Waals surface area contributed by atoms with Gasteiger partial charge in [-0.15, -0.1) is 0 Å². The van der Waals surface area contributed by atoms with Gasteiger partial charge in [-0.2, -0.15) is 0 Å². The highest BCUT2D eigenvalue weighted by Crippen LogP contribution is 2.23. The molecule has 0 atom stereocenters. The van der Waals surface area contributed by atoms with Crippen LogP contribution in [-0.2, 0) is 17.9 Å². The van der Waals surface area contributed by atoms with Crippen LogP contribution >= 0.6 is 0 Å². The summed E-state index contributed by atoms with van der Waals surface area (Å²) >= 11 is 0. The average molecular weight is 294 g/mol. The van der Waals surface area contributed by atoms with Crippen molar-refractivity contribution in [2.75, 3.05) is 11.9 Å². The standard InChI is InChI=1S/C18H18N2O2/c1-13(21)15-7-8-17-16(9-15)11-20(12-18(22)19-17)10-14-5-3-2-4-6-14/h2-9H,10-12H2,1H3,(H,19,22). The van der Waals surface area contributed by atoms with Crippen LogP contribution in [0.5, 0.6) is 0 Å². The molecule has 3 rings (SSSR count). The summed E-state index contributed by atoms with van der Waals surface area (Å²) in [5.41, 5.74) is 3.62. The molecule has 2 aromatic rings. The lowest BCUT2D eigenvalue weighted by Crippen LogP contribution is -2.29. The summed E-state index contributed by atoms with van der Waals surface area (Å²) in [5.74, 6) is 0.0123. The highest BCUT2D eigenvalue weighted by Gasteiger charge is 2.20. The lowest BCUT2D eigenvalue weighted by molar-refractivity contribution is -0.117. The summed E-state index contributed by atoms with van der Waals surface area (Å²) in [7, 11) is 0. The number of benzene rings is 2. The maximum atomic E-state index is 12.0. The van der Waals surface area contributed by atoms with E-state index < -0.39 is 0 Å². The smallest absolute Gasteiger partial charge is 0.238 e. The van der Waals surface area contributed by atoms with Crippen molar-refractivity contribution in [1.82, 2.24) is 4.90 Å². The number of hydrogen-bond acceptors (Lipinski definition) is 3. The molecular weight excluding hydrogens is 276 g/mol. The van der Waals surface area contributed by atoms with Crippen LogP contribution in [0.1, 0.15) is 28.4 Å².